The second-order valence-electron chi connectivity index (χ2n) is 4.54. The number of hydrogen-bond donors (Lipinski definition) is 1. The Labute approximate surface area is 102 Å². The largest absolute Gasteiger partial charge is 0.452 e. The van der Waals surface area contributed by atoms with E-state index in [2.05, 4.69) is 11.4 Å². The van der Waals surface area contributed by atoms with Crippen molar-refractivity contribution in [3.63, 3.8) is 0 Å². The maximum Gasteiger partial charge on any atom is 0.286 e. The lowest BCUT2D eigenvalue weighted by Crippen LogP contribution is -2.16. The summed E-state index contributed by atoms with van der Waals surface area (Å²) in [6.45, 7) is 0. The molecule has 1 saturated carbocycles. The van der Waals surface area contributed by atoms with Crippen molar-refractivity contribution in [1.82, 2.24) is 5.32 Å². The van der Waals surface area contributed by atoms with Crippen LogP contribution >= 0.6 is 0 Å². The Kier molecular flexibility index (Phi) is 4.02. The van der Waals surface area contributed by atoms with Crippen molar-refractivity contribution in [3.05, 3.63) is 29.7 Å². The van der Waals surface area contributed by atoms with Crippen LogP contribution in [0.2, 0.25) is 0 Å². The van der Waals surface area contributed by atoms with Crippen LogP contribution in [0.15, 0.2) is 22.6 Å². The summed E-state index contributed by atoms with van der Waals surface area (Å²) in [4.78, 5) is 11.3. The number of nitrogens with one attached hydrogen (secondary N) is 1. The van der Waals surface area contributed by atoms with Crippen molar-refractivity contribution in [2.24, 2.45) is 5.92 Å². The van der Waals surface area contributed by atoms with Crippen LogP contribution < -0.4 is 5.32 Å². The lowest BCUT2D eigenvalue weighted by atomic mass is 9.89. The molecule has 92 valence electrons. The number of rotatable bonds is 3. The van der Waals surface area contributed by atoms with Crippen LogP contribution in [-0.4, -0.2) is 13.0 Å². The molecule has 17 heavy (non-hydrogen) atoms. The molecule has 1 aromatic heterocycles. The number of carbonyl (C=O) groups is 1. The highest BCUT2D eigenvalue weighted by atomic mass is 16.3. The molecule has 0 atom stereocenters. The first-order valence-corrected chi connectivity index (χ1v) is 6.29. The second kappa shape index (κ2) is 5.71. The number of furan rings is 1. The van der Waals surface area contributed by atoms with E-state index in [-0.39, 0.29) is 5.91 Å². The zero-order valence-corrected chi connectivity index (χ0v) is 10.2. The molecule has 3 heteroatoms. The predicted octanol–water partition coefficient (Wildman–Crippen LogP) is 3.23. The van der Waals surface area contributed by atoms with Gasteiger partial charge in [0.15, 0.2) is 5.76 Å². The molecule has 1 heterocycles. The molecule has 1 fully saturated rings. The Morgan fingerprint density at radius 3 is 2.82 bits per heavy atom. The number of carbonyl (C=O) groups excluding carboxylic acids is 1. The van der Waals surface area contributed by atoms with E-state index in [9.17, 15) is 4.79 Å². The molecule has 2 rings (SSSR count). The zero-order valence-electron chi connectivity index (χ0n) is 10.2. The Morgan fingerprint density at radius 2 is 2.12 bits per heavy atom. The highest BCUT2D eigenvalue weighted by Crippen LogP contribution is 2.25. The standard InChI is InChI=1S/C14H19NO2/c1-15-14(16)13-10-9-12(17-13)8-7-11-5-3-2-4-6-11/h7-11H,2-6H2,1H3,(H,15,16)/b8-7+. The summed E-state index contributed by atoms with van der Waals surface area (Å²) in [6, 6.07) is 3.54. The molecule has 1 N–H and O–H groups in total. The van der Waals surface area contributed by atoms with Crippen LogP contribution in [0.3, 0.4) is 0 Å². The van der Waals surface area contributed by atoms with Crippen molar-refractivity contribution in [2.45, 2.75) is 32.1 Å². The average Bonchev–Trinajstić information content (AvgIpc) is 2.85. The van der Waals surface area contributed by atoms with Crippen molar-refractivity contribution >= 4 is 12.0 Å². The topological polar surface area (TPSA) is 42.2 Å². The third-order valence-electron chi connectivity index (χ3n) is 3.26. The van der Waals surface area contributed by atoms with E-state index in [1.54, 1.807) is 13.1 Å². The van der Waals surface area contributed by atoms with Crippen molar-refractivity contribution < 1.29 is 9.21 Å². The second-order valence-corrected chi connectivity index (χ2v) is 4.54. The Hall–Kier alpha value is -1.51. The molecule has 1 aromatic rings. The van der Waals surface area contributed by atoms with E-state index in [1.807, 2.05) is 12.1 Å². The van der Waals surface area contributed by atoms with Gasteiger partial charge in [0, 0.05) is 7.05 Å². The minimum absolute atomic E-state index is 0.178. The van der Waals surface area contributed by atoms with Gasteiger partial charge in [-0.1, -0.05) is 25.3 Å². The fourth-order valence-electron chi connectivity index (χ4n) is 2.25. The maximum absolute atomic E-state index is 11.3. The van der Waals surface area contributed by atoms with Crippen LogP contribution in [0.5, 0.6) is 0 Å². The Balaban J connectivity index is 1.95. The van der Waals surface area contributed by atoms with Crippen LogP contribution in [-0.2, 0) is 0 Å². The molecule has 1 aliphatic rings. The van der Waals surface area contributed by atoms with Gasteiger partial charge in [0.25, 0.3) is 5.91 Å². The van der Waals surface area contributed by atoms with Gasteiger partial charge in [-0.25, -0.2) is 0 Å². The summed E-state index contributed by atoms with van der Waals surface area (Å²) < 4.78 is 5.43. The summed E-state index contributed by atoms with van der Waals surface area (Å²) in [7, 11) is 1.60. The fourth-order valence-corrected chi connectivity index (χ4v) is 2.25. The molecule has 0 spiro atoms. The first kappa shape index (κ1) is 12.0. The van der Waals surface area contributed by atoms with Crippen LogP contribution in [0.25, 0.3) is 6.08 Å². The van der Waals surface area contributed by atoms with Gasteiger partial charge >= 0.3 is 0 Å². The minimum Gasteiger partial charge on any atom is -0.452 e. The quantitative estimate of drug-likeness (QED) is 0.870. The molecule has 0 radical (unpaired) electrons. The summed E-state index contributed by atoms with van der Waals surface area (Å²) in [5.74, 6) is 1.63. The normalized spacial score (nSPS) is 17.5. The van der Waals surface area contributed by atoms with E-state index < -0.39 is 0 Å². The molecule has 0 unspecified atom stereocenters. The lowest BCUT2D eigenvalue weighted by molar-refractivity contribution is 0.0935. The molecule has 1 amide bonds. The Morgan fingerprint density at radius 1 is 1.35 bits per heavy atom. The molecular formula is C14H19NO2. The lowest BCUT2D eigenvalue weighted by Gasteiger charge is -2.17. The first-order chi connectivity index (χ1) is 8.29. The van der Waals surface area contributed by atoms with Gasteiger partial charge in [0.05, 0.1) is 0 Å². The maximum atomic E-state index is 11.3. The molecule has 0 bridgehead atoms. The smallest absolute Gasteiger partial charge is 0.286 e. The van der Waals surface area contributed by atoms with E-state index in [0.717, 1.165) is 5.76 Å². The molecular weight excluding hydrogens is 214 g/mol. The van der Waals surface area contributed by atoms with E-state index >= 15 is 0 Å². The predicted molar refractivity (Wildman–Crippen MR) is 67.7 cm³/mol. The number of amides is 1. The van der Waals surface area contributed by atoms with Gasteiger partial charge in [0.1, 0.15) is 5.76 Å². The summed E-state index contributed by atoms with van der Waals surface area (Å²) in [5.41, 5.74) is 0. The van der Waals surface area contributed by atoms with Gasteiger partial charge in [-0.05, 0) is 37.0 Å². The van der Waals surface area contributed by atoms with Crippen LogP contribution in [0.4, 0.5) is 0 Å². The summed E-state index contributed by atoms with van der Waals surface area (Å²) >= 11 is 0. The highest BCUT2D eigenvalue weighted by molar-refractivity contribution is 5.91. The van der Waals surface area contributed by atoms with Gasteiger partial charge in [-0.15, -0.1) is 0 Å². The monoisotopic (exact) mass is 233 g/mol. The molecule has 3 nitrogen and oxygen atoms in total. The van der Waals surface area contributed by atoms with E-state index in [4.69, 9.17) is 4.42 Å². The summed E-state index contributed by atoms with van der Waals surface area (Å²) in [5, 5.41) is 2.54. The van der Waals surface area contributed by atoms with Crippen LogP contribution in [0, 0.1) is 5.92 Å². The SMILES string of the molecule is CNC(=O)c1ccc(/C=C/C2CCCCC2)o1. The zero-order chi connectivity index (χ0) is 12.1. The fraction of sp³-hybridized carbons (Fsp3) is 0.500. The highest BCUT2D eigenvalue weighted by Gasteiger charge is 2.11. The Bertz CT molecular complexity index is 400. The van der Waals surface area contributed by atoms with Crippen LogP contribution in [0.1, 0.15) is 48.4 Å². The number of hydrogen-bond acceptors (Lipinski definition) is 2. The van der Waals surface area contributed by atoms with E-state index in [0.29, 0.717) is 11.7 Å². The molecule has 1 aliphatic carbocycles. The molecule has 0 aromatic carbocycles. The van der Waals surface area contributed by atoms with Gasteiger partial charge < -0.3 is 9.73 Å². The average molecular weight is 233 g/mol. The van der Waals surface area contributed by atoms with Crippen molar-refractivity contribution in [3.8, 4) is 0 Å². The molecule has 0 aliphatic heterocycles. The number of allylic oxidation sites excluding steroid dienone is 1. The van der Waals surface area contributed by atoms with Crippen molar-refractivity contribution in [2.75, 3.05) is 7.05 Å². The van der Waals surface area contributed by atoms with E-state index in [1.165, 1.54) is 32.1 Å². The van der Waals surface area contributed by atoms with Gasteiger partial charge in [-0.2, -0.15) is 0 Å². The van der Waals surface area contributed by atoms with Gasteiger partial charge in [-0.3, -0.25) is 4.79 Å². The first-order valence-electron chi connectivity index (χ1n) is 6.29. The van der Waals surface area contributed by atoms with Gasteiger partial charge in [0.2, 0.25) is 0 Å². The summed E-state index contributed by atoms with van der Waals surface area (Å²) in [6.07, 6.45) is 10.8. The molecule has 0 saturated heterocycles. The minimum atomic E-state index is -0.178. The third-order valence-corrected chi connectivity index (χ3v) is 3.26. The third kappa shape index (κ3) is 3.22. The van der Waals surface area contributed by atoms with Crippen molar-refractivity contribution in [1.29, 1.82) is 0 Å².